The van der Waals surface area contributed by atoms with Gasteiger partial charge in [-0.2, -0.15) is 0 Å². The largest absolute Gasteiger partial charge is 0.496 e. The number of hydrogen-bond donors (Lipinski definition) is 1. The van der Waals surface area contributed by atoms with Crippen molar-refractivity contribution in [2.75, 3.05) is 39.2 Å². The second-order valence-electron chi connectivity index (χ2n) is 6.34. The molecule has 0 radical (unpaired) electrons. The van der Waals surface area contributed by atoms with Crippen molar-refractivity contribution in [3.05, 3.63) is 53.6 Å². The first kappa shape index (κ1) is 19.2. The van der Waals surface area contributed by atoms with Crippen LogP contribution in [-0.4, -0.2) is 45.2 Å². The SMILES string of the molecule is COc1ccccc1C(=O)N(CC[NH+](C)C)c1nc2c(F)cc(F)cc2s1. The van der Waals surface area contributed by atoms with Crippen LogP contribution in [0.25, 0.3) is 10.2 Å². The topological polar surface area (TPSA) is 46.9 Å². The molecule has 5 nitrogen and oxygen atoms in total. The van der Waals surface area contributed by atoms with E-state index in [1.54, 1.807) is 24.3 Å². The van der Waals surface area contributed by atoms with Crippen molar-refractivity contribution in [1.29, 1.82) is 0 Å². The van der Waals surface area contributed by atoms with Crippen LogP contribution in [0.5, 0.6) is 5.75 Å². The minimum atomic E-state index is -0.740. The van der Waals surface area contributed by atoms with E-state index in [9.17, 15) is 13.6 Å². The lowest BCUT2D eigenvalue weighted by Crippen LogP contribution is -3.06. The van der Waals surface area contributed by atoms with Crippen LogP contribution in [0.4, 0.5) is 13.9 Å². The van der Waals surface area contributed by atoms with E-state index >= 15 is 0 Å². The zero-order valence-corrected chi connectivity index (χ0v) is 16.1. The molecule has 142 valence electrons. The molecule has 0 spiro atoms. The molecule has 1 N–H and O–H groups in total. The van der Waals surface area contributed by atoms with Gasteiger partial charge < -0.3 is 9.64 Å². The van der Waals surface area contributed by atoms with E-state index < -0.39 is 11.6 Å². The van der Waals surface area contributed by atoms with E-state index in [2.05, 4.69) is 4.98 Å². The highest BCUT2D eigenvalue weighted by Gasteiger charge is 2.25. The van der Waals surface area contributed by atoms with Gasteiger partial charge in [0.25, 0.3) is 5.91 Å². The summed E-state index contributed by atoms with van der Waals surface area (Å²) >= 11 is 1.09. The number of carbonyl (C=O) groups excluding carboxylic acids is 1. The summed E-state index contributed by atoms with van der Waals surface area (Å²) in [6, 6.07) is 8.92. The summed E-state index contributed by atoms with van der Waals surface area (Å²) in [4.78, 5) is 20.1. The molecule has 2 aromatic carbocycles. The molecule has 8 heteroatoms. The summed E-state index contributed by atoms with van der Waals surface area (Å²) in [5.41, 5.74) is 0.450. The van der Waals surface area contributed by atoms with Crippen molar-refractivity contribution in [2.24, 2.45) is 0 Å². The van der Waals surface area contributed by atoms with Crippen LogP contribution in [0.15, 0.2) is 36.4 Å². The average Bonchev–Trinajstić information content (AvgIpc) is 3.05. The van der Waals surface area contributed by atoms with Crippen LogP contribution < -0.4 is 14.5 Å². The summed E-state index contributed by atoms with van der Waals surface area (Å²) in [6.07, 6.45) is 0. The molecule has 0 saturated heterocycles. The van der Waals surface area contributed by atoms with E-state index in [1.165, 1.54) is 18.1 Å². The normalized spacial score (nSPS) is 11.2. The number of amides is 1. The molecule has 0 aliphatic carbocycles. The molecule has 0 bridgehead atoms. The third-order valence-corrected chi connectivity index (χ3v) is 5.08. The van der Waals surface area contributed by atoms with E-state index in [0.29, 0.717) is 34.2 Å². The Balaban J connectivity index is 2.06. The van der Waals surface area contributed by atoms with Gasteiger partial charge in [0.05, 0.1) is 44.6 Å². The molecule has 0 unspecified atom stereocenters. The lowest BCUT2D eigenvalue weighted by Gasteiger charge is -2.21. The smallest absolute Gasteiger partial charge is 0.264 e. The van der Waals surface area contributed by atoms with E-state index in [1.807, 2.05) is 14.1 Å². The van der Waals surface area contributed by atoms with E-state index in [0.717, 1.165) is 22.3 Å². The number of quaternary nitrogens is 1. The number of hydrogen-bond acceptors (Lipinski definition) is 4. The number of thiazole rings is 1. The predicted molar refractivity (Wildman–Crippen MR) is 102 cm³/mol. The number of para-hydroxylation sites is 1. The number of methoxy groups -OCH3 is 1. The average molecular weight is 392 g/mol. The Kier molecular flexibility index (Phi) is 5.67. The third kappa shape index (κ3) is 4.06. The Morgan fingerprint density at radius 3 is 2.70 bits per heavy atom. The van der Waals surface area contributed by atoms with Crippen LogP contribution in [0, 0.1) is 11.6 Å². The van der Waals surface area contributed by atoms with Crippen molar-refractivity contribution >= 4 is 32.6 Å². The van der Waals surface area contributed by atoms with Gasteiger partial charge in [-0.05, 0) is 18.2 Å². The van der Waals surface area contributed by atoms with Gasteiger partial charge in [-0.1, -0.05) is 23.5 Å². The van der Waals surface area contributed by atoms with Crippen molar-refractivity contribution < 1.29 is 23.2 Å². The van der Waals surface area contributed by atoms with Gasteiger partial charge in [0, 0.05) is 6.07 Å². The second-order valence-corrected chi connectivity index (χ2v) is 7.35. The molecule has 0 atom stereocenters. The number of carbonyl (C=O) groups is 1. The number of nitrogens with one attached hydrogen (secondary N) is 1. The molecule has 3 rings (SSSR count). The van der Waals surface area contributed by atoms with Gasteiger partial charge in [-0.3, -0.25) is 9.69 Å². The molecular formula is C19H20F2N3O2S+. The summed E-state index contributed by atoms with van der Waals surface area (Å²) in [5, 5.41) is 0.326. The Labute approximate surface area is 159 Å². The van der Waals surface area contributed by atoms with Gasteiger partial charge in [-0.15, -0.1) is 0 Å². The summed E-state index contributed by atoms with van der Waals surface area (Å²) in [5.74, 6) is -1.26. The maximum absolute atomic E-state index is 14.1. The predicted octanol–water partition coefficient (Wildman–Crippen LogP) is 2.37. The molecule has 1 amide bonds. The number of likely N-dealkylation sites (N-methyl/N-ethyl adjacent to an activating group) is 1. The summed E-state index contributed by atoms with van der Waals surface area (Å²) < 4.78 is 33.2. The lowest BCUT2D eigenvalue weighted by molar-refractivity contribution is -0.856. The minimum Gasteiger partial charge on any atom is -0.496 e. The third-order valence-electron chi connectivity index (χ3n) is 4.05. The Morgan fingerprint density at radius 2 is 2.00 bits per heavy atom. The molecule has 0 aliphatic rings. The number of aromatic nitrogens is 1. The number of rotatable bonds is 6. The zero-order valence-electron chi connectivity index (χ0n) is 15.3. The van der Waals surface area contributed by atoms with Gasteiger partial charge in [-0.25, -0.2) is 13.8 Å². The van der Waals surface area contributed by atoms with Gasteiger partial charge in [0.1, 0.15) is 17.1 Å². The number of nitrogens with zero attached hydrogens (tertiary/aromatic N) is 2. The van der Waals surface area contributed by atoms with Gasteiger partial charge in [0.2, 0.25) is 0 Å². The highest BCUT2D eigenvalue weighted by molar-refractivity contribution is 7.22. The van der Waals surface area contributed by atoms with E-state index in [4.69, 9.17) is 4.74 Å². The fourth-order valence-electron chi connectivity index (χ4n) is 2.65. The number of fused-ring (bicyclic) bond motifs is 1. The molecule has 0 aliphatic heterocycles. The number of ether oxygens (including phenoxy) is 1. The quantitative estimate of drug-likeness (QED) is 0.701. The van der Waals surface area contributed by atoms with Crippen molar-refractivity contribution in [3.8, 4) is 5.75 Å². The van der Waals surface area contributed by atoms with Crippen LogP contribution in [0.2, 0.25) is 0 Å². The van der Waals surface area contributed by atoms with E-state index in [-0.39, 0.29) is 11.4 Å². The number of benzene rings is 2. The number of halogens is 2. The van der Waals surface area contributed by atoms with Gasteiger partial charge in [0.15, 0.2) is 10.9 Å². The number of anilines is 1. The molecule has 1 heterocycles. The Morgan fingerprint density at radius 1 is 1.26 bits per heavy atom. The second kappa shape index (κ2) is 7.98. The maximum Gasteiger partial charge on any atom is 0.264 e. The van der Waals surface area contributed by atoms with Crippen LogP contribution in [0.1, 0.15) is 10.4 Å². The van der Waals surface area contributed by atoms with Crippen LogP contribution in [-0.2, 0) is 0 Å². The molecule has 0 fully saturated rings. The first-order chi connectivity index (χ1) is 12.9. The fraction of sp³-hybridized carbons (Fsp3) is 0.263. The Hall–Kier alpha value is -2.58. The fourth-order valence-corrected chi connectivity index (χ4v) is 3.68. The standard InChI is InChI=1S/C19H19F2N3O2S/c1-23(2)8-9-24(18(25)13-6-4-5-7-15(13)26-3)19-22-17-14(21)10-12(20)11-16(17)27-19/h4-7,10-11H,8-9H2,1-3H3/p+1. The molecule has 0 saturated carbocycles. The minimum absolute atomic E-state index is 0.0615. The van der Waals surface area contributed by atoms with Crippen molar-refractivity contribution in [1.82, 2.24) is 4.98 Å². The lowest BCUT2D eigenvalue weighted by atomic mass is 10.1. The van der Waals surface area contributed by atoms with Crippen molar-refractivity contribution in [3.63, 3.8) is 0 Å². The molecular weight excluding hydrogens is 372 g/mol. The molecule has 3 aromatic rings. The first-order valence-corrected chi connectivity index (χ1v) is 9.22. The summed E-state index contributed by atoms with van der Waals surface area (Å²) in [7, 11) is 5.44. The van der Waals surface area contributed by atoms with Crippen LogP contribution >= 0.6 is 11.3 Å². The highest BCUT2D eigenvalue weighted by Crippen LogP contribution is 2.32. The first-order valence-electron chi connectivity index (χ1n) is 8.40. The maximum atomic E-state index is 14.1. The Bertz CT molecular complexity index is 975. The van der Waals surface area contributed by atoms with Gasteiger partial charge >= 0.3 is 0 Å². The highest BCUT2D eigenvalue weighted by atomic mass is 32.1. The summed E-state index contributed by atoms with van der Waals surface area (Å²) in [6.45, 7) is 1.04. The molecule has 27 heavy (non-hydrogen) atoms. The monoisotopic (exact) mass is 392 g/mol. The van der Waals surface area contributed by atoms with Crippen LogP contribution in [0.3, 0.4) is 0 Å². The zero-order chi connectivity index (χ0) is 19.6. The molecule has 1 aromatic heterocycles. The van der Waals surface area contributed by atoms with Crippen molar-refractivity contribution in [2.45, 2.75) is 0 Å².